The van der Waals surface area contributed by atoms with Crippen LogP contribution in [0.4, 0.5) is 5.82 Å². The van der Waals surface area contributed by atoms with Crippen LogP contribution in [0.2, 0.25) is 0 Å². The summed E-state index contributed by atoms with van der Waals surface area (Å²) in [4.78, 5) is 4.69. The molecule has 0 saturated heterocycles. The van der Waals surface area contributed by atoms with Crippen LogP contribution >= 0.6 is 0 Å². The number of nitrogens with two attached hydrogens (primary N) is 1. The second kappa shape index (κ2) is 5.54. The molecular weight excluding hydrogens is 258 g/mol. The van der Waals surface area contributed by atoms with E-state index in [0.717, 1.165) is 28.7 Å². The zero-order valence-corrected chi connectivity index (χ0v) is 12.4. The maximum absolute atomic E-state index is 5.66. The Morgan fingerprint density at radius 2 is 1.81 bits per heavy atom. The summed E-state index contributed by atoms with van der Waals surface area (Å²) in [6.45, 7) is 4.19. The van der Waals surface area contributed by atoms with Gasteiger partial charge in [-0.25, -0.2) is 10.8 Å². The van der Waals surface area contributed by atoms with Crippen LogP contribution < -0.4 is 11.3 Å². The van der Waals surface area contributed by atoms with Gasteiger partial charge in [-0.2, -0.15) is 0 Å². The fourth-order valence-corrected chi connectivity index (χ4v) is 2.77. The van der Waals surface area contributed by atoms with Gasteiger partial charge in [-0.15, -0.1) is 0 Å². The summed E-state index contributed by atoms with van der Waals surface area (Å²) in [5, 5.41) is 1.16. The summed E-state index contributed by atoms with van der Waals surface area (Å²) < 4.78 is 0. The largest absolute Gasteiger partial charge is 0.308 e. The molecule has 3 aromatic rings. The van der Waals surface area contributed by atoms with Gasteiger partial charge in [-0.1, -0.05) is 42.0 Å². The standard InChI is InChI=1S/C18H19N3/c1-12-8-13(2)17-15(9-12)11-16(18(20-17)21-19)10-14-6-4-3-5-7-14/h3-9,11H,10,19H2,1-2H3,(H,20,21). The molecule has 0 bridgehead atoms. The molecule has 2 aromatic carbocycles. The molecule has 0 fully saturated rings. The summed E-state index contributed by atoms with van der Waals surface area (Å²) in [7, 11) is 0. The van der Waals surface area contributed by atoms with Crippen molar-refractivity contribution in [2.24, 2.45) is 5.84 Å². The van der Waals surface area contributed by atoms with E-state index in [1.165, 1.54) is 16.7 Å². The summed E-state index contributed by atoms with van der Waals surface area (Å²) in [6.07, 6.45) is 0.816. The summed E-state index contributed by atoms with van der Waals surface area (Å²) >= 11 is 0. The van der Waals surface area contributed by atoms with E-state index in [2.05, 4.69) is 49.6 Å². The van der Waals surface area contributed by atoms with E-state index in [-0.39, 0.29) is 0 Å². The summed E-state index contributed by atoms with van der Waals surface area (Å²) in [5.74, 6) is 6.41. The van der Waals surface area contributed by atoms with Crippen molar-refractivity contribution >= 4 is 16.7 Å². The van der Waals surface area contributed by atoms with Gasteiger partial charge in [0.15, 0.2) is 0 Å². The van der Waals surface area contributed by atoms with Gasteiger partial charge in [0.25, 0.3) is 0 Å². The van der Waals surface area contributed by atoms with E-state index in [1.807, 2.05) is 18.2 Å². The van der Waals surface area contributed by atoms with E-state index < -0.39 is 0 Å². The predicted octanol–water partition coefficient (Wildman–Crippen LogP) is 3.73. The number of benzene rings is 2. The molecule has 0 spiro atoms. The van der Waals surface area contributed by atoms with E-state index in [0.29, 0.717) is 0 Å². The number of nitrogen functional groups attached to an aromatic ring is 1. The number of aromatic nitrogens is 1. The zero-order valence-electron chi connectivity index (χ0n) is 12.4. The number of nitrogens with zero attached hydrogens (tertiary/aromatic N) is 1. The molecule has 3 rings (SSSR count). The molecule has 0 saturated carbocycles. The minimum atomic E-state index is 0.748. The lowest BCUT2D eigenvalue weighted by atomic mass is 10.0. The number of hydrazine groups is 1. The van der Waals surface area contributed by atoms with Gasteiger partial charge in [0.05, 0.1) is 5.52 Å². The Bertz CT molecular complexity index is 779. The van der Waals surface area contributed by atoms with E-state index in [1.54, 1.807) is 0 Å². The topological polar surface area (TPSA) is 50.9 Å². The Morgan fingerprint density at radius 3 is 2.52 bits per heavy atom. The fraction of sp³-hybridized carbons (Fsp3) is 0.167. The third-order valence-corrected chi connectivity index (χ3v) is 3.71. The smallest absolute Gasteiger partial charge is 0.144 e. The van der Waals surface area contributed by atoms with Crippen LogP contribution in [0.5, 0.6) is 0 Å². The van der Waals surface area contributed by atoms with Crippen molar-refractivity contribution in [3.8, 4) is 0 Å². The van der Waals surface area contributed by atoms with Crippen LogP contribution in [0.15, 0.2) is 48.5 Å². The van der Waals surface area contributed by atoms with Crippen molar-refractivity contribution < 1.29 is 0 Å². The number of hydrogen-bond donors (Lipinski definition) is 2. The van der Waals surface area contributed by atoms with Gasteiger partial charge in [-0.3, -0.25) is 0 Å². The fourth-order valence-electron chi connectivity index (χ4n) is 2.77. The highest BCUT2D eigenvalue weighted by Gasteiger charge is 2.09. The molecule has 0 aliphatic rings. The lowest BCUT2D eigenvalue weighted by molar-refractivity contribution is 1.14. The SMILES string of the molecule is Cc1cc(C)c2nc(NN)c(Cc3ccccc3)cc2c1. The lowest BCUT2D eigenvalue weighted by Gasteiger charge is -2.12. The molecule has 0 aliphatic carbocycles. The van der Waals surface area contributed by atoms with Gasteiger partial charge < -0.3 is 5.43 Å². The highest BCUT2D eigenvalue weighted by atomic mass is 15.2. The van der Waals surface area contributed by atoms with Crippen LogP contribution in [-0.4, -0.2) is 4.98 Å². The minimum absolute atomic E-state index is 0.748. The maximum atomic E-state index is 5.66. The molecule has 0 unspecified atom stereocenters. The first-order valence-corrected chi connectivity index (χ1v) is 7.09. The monoisotopic (exact) mass is 277 g/mol. The molecule has 3 N–H and O–H groups in total. The van der Waals surface area contributed by atoms with Gasteiger partial charge in [0, 0.05) is 17.4 Å². The molecular formula is C18H19N3. The van der Waals surface area contributed by atoms with Crippen LogP contribution in [0.25, 0.3) is 10.9 Å². The van der Waals surface area contributed by atoms with Crippen LogP contribution in [0, 0.1) is 13.8 Å². The molecule has 1 heterocycles. The molecule has 0 aliphatic heterocycles. The maximum Gasteiger partial charge on any atom is 0.144 e. The first-order chi connectivity index (χ1) is 10.2. The van der Waals surface area contributed by atoms with Gasteiger partial charge in [-0.05, 0) is 37.1 Å². The van der Waals surface area contributed by atoms with Crippen molar-refractivity contribution in [1.82, 2.24) is 4.98 Å². The Labute approximate surface area is 124 Å². The molecule has 21 heavy (non-hydrogen) atoms. The number of anilines is 1. The third kappa shape index (κ3) is 2.73. The third-order valence-electron chi connectivity index (χ3n) is 3.71. The minimum Gasteiger partial charge on any atom is -0.308 e. The average molecular weight is 277 g/mol. The second-order valence-electron chi connectivity index (χ2n) is 5.46. The lowest BCUT2D eigenvalue weighted by Crippen LogP contribution is -2.12. The molecule has 0 radical (unpaired) electrons. The van der Waals surface area contributed by atoms with E-state index >= 15 is 0 Å². The number of nitrogens with one attached hydrogen (secondary N) is 1. The highest BCUT2D eigenvalue weighted by Crippen LogP contribution is 2.25. The highest BCUT2D eigenvalue weighted by molar-refractivity contribution is 5.85. The predicted molar refractivity (Wildman–Crippen MR) is 88.3 cm³/mol. The van der Waals surface area contributed by atoms with E-state index in [9.17, 15) is 0 Å². The second-order valence-corrected chi connectivity index (χ2v) is 5.46. The number of pyridine rings is 1. The van der Waals surface area contributed by atoms with Gasteiger partial charge >= 0.3 is 0 Å². The van der Waals surface area contributed by atoms with Crippen molar-refractivity contribution in [2.75, 3.05) is 5.43 Å². The Kier molecular flexibility index (Phi) is 3.59. The van der Waals surface area contributed by atoms with Crippen LogP contribution in [0.1, 0.15) is 22.3 Å². The molecule has 1 aromatic heterocycles. The first kappa shape index (κ1) is 13.6. The van der Waals surface area contributed by atoms with Gasteiger partial charge in [0.1, 0.15) is 5.82 Å². The number of rotatable bonds is 3. The number of fused-ring (bicyclic) bond motifs is 1. The molecule has 0 atom stereocenters. The zero-order chi connectivity index (χ0) is 14.8. The van der Waals surface area contributed by atoms with Gasteiger partial charge in [0.2, 0.25) is 0 Å². The Balaban J connectivity index is 2.13. The van der Waals surface area contributed by atoms with Crippen molar-refractivity contribution in [3.05, 3.63) is 70.8 Å². The molecule has 3 nitrogen and oxygen atoms in total. The number of hydrogen-bond acceptors (Lipinski definition) is 3. The average Bonchev–Trinajstić information content (AvgIpc) is 2.47. The van der Waals surface area contributed by atoms with Crippen molar-refractivity contribution in [3.63, 3.8) is 0 Å². The summed E-state index contributed by atoms with van der Waals surface area (Å²) in [6, 6.07) is 16.9. The van der Waals surface area contributed by atoms with Crippen molar-refractivity contribution in [2.45, 2.75) is 20.3 Å². The Hall–Kier alpha value is -2.39. The van der Waals surface area contributed by atoms with E-state index in [4.69, 9.17) is 10.8 Å². The molecule has 106 valence electrons. The van der Waals surface area contributed by atoms with Crippen molar-refractivity contribution in [1.29, 1.82) is 0 Å². The summed E-state index contributed by atoms with van der Waals surface area (Å²) in [5.41, 5.74) is 8.53. The normalized spacial score (nSPS) is 10.8. The number of aryl methyl sites for hydroxylation is 2. The quantitative estimate of drug-likeness (QED) is 0.566. The Morgan fingerprint density at radius 1 is 1.05 bits per heavy atom. The molecule has 0 amide bonds. The van der Waals surface area contributed by atoms with Crippen LogP contribution in [-0.2, 0) is 6.42 Å². The first-order valence-electron chi connectivity index (χ1n) is 7.09. The van der Waals surface area contributed by atoms with Crippen LogP contribution in [0.3, 0.4) is 0 Å². The molecule has 3 heteroatoms.